The normalized spacial score (nSPS) is 12.0. The molecule has 0 aliphatic carbocycles. The van der Waals surface area contributed by atoms with Gasteiger partial charge in [-0.3, -0.25) is 4.79 Å². The summed E-state index contributed by atoms with van der Waals surface area (Å²) in [5.41, 5.74) is 2.43. The first kappa shape index (κ1) is 19.1. The van der Waals surface area contributed by atoms with E-state index >= 15 is 0 Å². The van der Waals surface area contributed by atoms with E-state index in [4.69, 9.17) is 0 Å². The van der Waals surface area contributed by atoms with E-state index in [0.717, 1.165) is 23.3 Å². The predicted octanol–water partition coefficient (Wildman–Crippen LogP) is 5.81. The minimum absolute atomic E-state index is 0.0156. The maximum absolute atomic E-state index is 13.4. The second-order valence-electron chi connectivity index (χ2n) is 6.10. The van der Waals surface area contributed by atoms with Crippen molar-refractivity contribution in [2.24, 2.45) is 0 Å². The average molecular weight is 383 g/mol. The molecule has 1 unspecified atom stereocenters. The van der Waals surface area contributed by atoms with Gasteiger partial charge in [-0.05, 0) is 30.2 Å². The summed E-state index contributed by atoms with van der Waals surface area (Å²) in [4.78, 5) is 12.6. The van der Waals surface area contributed by atoms with E-state index in [1.807, 2.05) is 60.7 Å². The molecule has 0 saturated heterocycles. The summed E-state index contributed by atoms with van der Waals surface area (Å²) in [5.74, 6) is -2.19. The Labute approximate surface area is 161 Å². The second-order valence-corrected chi connectivity index (χ2v) is 7.55. The zero-order chi connectivity index (χ0) is 19.2. The van der Waals surface area contributed by atoms with Crippen molar-refractivity contribution in [3.05, 3.63) is 102 Å². The average Bonchev–Trinajstić information content (AvgIpc) is 2.70. The molecule has 0 aliphatic heterocycles. The number of hydrogen-bond donors (Lipinski definition) is 1. The highest BCUT2D eigenvalue weighted by Crippen LogP contribution is 2.38. The third-order valence-electron chi connectivity index (χ3n) is 4.10. The molecule has 3 rings (SSSR count). The lowest BCUT2D eigenvalue weighted by Gasteiger charge is -2.21. The van der Waals surface area contributed by atoms with Gasteiger partial charge in [-0.15, -0.1) is 11.8 Å². The fraction of sp³-hybridized carbons (Fsp3) is 0.136. The Bertz CT molecular complexity index is 863. The molecule has 27 heavy (non-hydrogen) atoms. The summed E-state index contributed by atoms with van der Waals surface area (Å²) in [7, 11) is 0. The molecule has 0 saturated carbocycles. The van der Waals surface area contributed by atoms with E-state index in [1.165, 1.54) is 17.8 Å². The molecular formula is C22H19F2NOS. The van der Waals surface area contributed by atoms with Gasteiger partial charge < -0.3 is 5.32 Å². The topological polar surface area (TPSA) is 29.1 Å². The van der Waals surface area contributed by atoms with Crippen LogP contribution in [-0.2, 0) is 4.79 Å². The second kappa shape index (κ2) is 8.82. The molecule has 0 spiro atoms. The minimum atomic E-state index is -0.987. The summed E-state index contributed by atoms with van der Waals surface area (Å²) >= 11 is 1.51. The van der Waals surface area contributed by atoms with Crippen LogP contribution in [0.2, 0.25) is 0 Å². The van der Waals surface area contributed by atoms with E-state index < -0.39 is 16.9 Å². The highest BCUT2D eigenvalue weighted by molar-refractivity contribution is 8.01. The number of benzene rings is 3. The number of carbonyl (C=O) groups is 1. The molecule has 3 aromatic rings. The van der Waals surface area contributed by atoms with Crippen LogP contribution in [0.3, 0.4) is 0 Å². The van der Waals surface area contributed by atoms with Crippen molar-refractivity contribution in [2.75, 3.05) is 5.32 Å². The number of anilines is 1. The Morgan fingerprint density at radius 2 is 1.41 bits per heavy atom. The zero-order valence-electron chi connectivity index (χ0n) is 14.7. The van der Waals surface area contributed by atoms with Gasteiger partial charge in [-0.2, -0.15) is 0 Å². The lowest BCUT2D eigenvalue weighted by molar-refractivity contribution is -0.115. The van der Waals surface area contributed by atoms with Crippen molar-refractivity contribution in [3.63, 3.8) is 0 Å². The molecule has 5 heteroatoms. The molecular weight excluding hydrogens is 364 g/mol. The maximum atomic E-state index is 13.4. The predicted molar refractivity (Wildman–Crippen MR) is 107 cm³/mol. The zero-order valence-corrected chi connectivity index (χ0v) is 15.5. The van der Waals surface area contributed by atoms with Crippen LogP contribution in [0.4, 0.5) is 14.5 Å². The van der Waals surface area contributed by atoms with E-state index in [0.29, 0.717) is 0 Å². The van der Waals surface area contributed by atoms with Crippen molar-refractivity contribution < 1.29 is 13.6 Å². The van der Waals surface area contributed by atoms with Crippen molar-refractivity contribution in [3.8, 4) is 0 Å². The van der Waals surface area contributed by atoms with Gasteiger partial charge in [0, 0.05) is 11.8 Å². The van der Waals surface area contributed by atoms with Crippen LogP contribution < -0.4 is 5.32 Å². The Morgan fingerprint density at radius 3 is 1.93 bits per heavy atom. The third-order valence-corrected chi connectivity index (χ3v) is 5.54. The molecule has 1 N–H and O–H groups in total. The quantitative estimate of drug-likeness (QED) is 0.582. The molecule has 0 fully saturated rings. The van der Waals surface area contributed by atoms with Crippen LogP contribution in [-0.4, -0.2) is 11.2 Å². The number of halogens is 2. The fourth-order valence-electron chi connectivity index (χ4n) is 2.69. The van der Waals surface area contributed by atoms with Crippen LogP contribution in [0.25, 0.3) is 0 Å². The summed E-state index contributed by atoms with van der Waals surface area (Å²) in [5, 5.41) is 2.24. The first-order chi connectivity index (χ1) is 13.0. The van der Waals surface area contributed by atoms with Crippen LogP contribution in [0.5, 0.6) is 0 Å². The van der Waals surface area contributed by atoms with Crippen molar-refractivity contribution in [2.45, 2.75) is 17.4 Å². The molecule has 0 aromatic heterocycles. The van der Waals surface area contributed by atoms with Crippen LogP contribution in [0.1, 0.15) is 23.3 Å². The summed E-state index contributed by atoms with van der Waals surface area (Å²) in [6.45, 7) is 1.80. The van der Waals surface area contributed by atoms with Gasteiger partial charge in [0.15, 0.2) is 11.6 Å². The largest absolute Gasteiger partial charge is 0.325 e. The fourth-order valence-corrected chi connectivity index (χ4v) is 3.91. The monoisotopic (exact) mass is 383 g/mol. The number of hydrogen-bond acceptors (Lipinski definition) is 2. The lowest BCUT2D eigenvalue weighted by atomic mass is 10.0. The molecule has 1 atom stereocenters. The molecule has 0 heterocycles. The number of amides is 1. The van der Waals surface area contributed by atoms with Crippen molar-refractivity contribution >= 4 is 23.4 Å². The highest BCUT2D eigenvalue weighted by Gasteiger charge is 2.22. The van der Waals surface area contributed by atoms with Crippen molar-refractivity contribution in [1.29, 1.82) is 0 Å². The SMILES string of the molecule is CC(SC(c1ccccc1)c1ccccc1)C(=O)Nc1ccc(F)c(F)c1. The third kappa shape index (κ3) is 4.95. The highest BCUT2D eigenvalue weighted by atomic mass is 32.2. The van der Waals surface area contributed by atoms with Gasteiger partial charge in [0.2, 0.25) is 5.91 Å². The summed E-state index contributed by atoms with van der Waals surface area (Å²) < 4.78 is 26.4. The molecule has 1 amide bonds. The maximum Gasteiger partial charge on any atom is 0.237 e. The lowest BCUT2D eigenvalue weighted by Crippen LogP contribution is -2.23. The summed E-state index contributed by atoms with van der Waals surface area (Å²) in [6, 6.07) is 23.2. The van der Waals surface area contributed by atoms with Gasteiger partial charge >= 0.3 is 0 Å². The van der Waals surface area contributed by atoms with Crippen LogP contribution in [0, 0.1) is 11.6 Å². The van der Waals surface area contributed by atoms with Gasteiger partial charge in [0.05, 0.1) is 10.5 Å². The Hall–Kier alpha value is -2.66. The Morgan fingerprint density at radius 1 is 0.852 bits per heavy atom. The van der Waals surface area contributed by atoms with E-state index in [-0.39, 0.29) is 16.8 Å². The Balaban J connectivity index is 1.76. The van der Waals surface area contributed by atoms with Gasteiger partial charge in [0.1, 0.15) is 0 Å². The van der Waals surface area contributed by atoms with E-state index in [2.05, 4.69) is 5.32 Å². The number of rotatable bonds is 6. The Kier molecular flexibility index (Phi) is 6.24. The molecule has 0 bridgehead atoms. The number of thioether (sulfide) groups is 1. The number of carbonyl (C=O) groups excluding carboxylic acids is 1. The first-order valence-electron chi connectivity index (χ1n) is 8.56. The molecule has 138 valence electrons. The first-order valence-corrected chi connectivity index (χ1v) is 9.50. The van der Waals surface area contributed by atoms with Crippen LogP contribution in [0.15, 0.2) is 78.9 Å². The molecule has 0 radical (unpaired) electrons. The smallest absolute Gasteiger partial charge is 0.237 e. The van der Waals surface area contributed by atoms with E-state index in [1.54, 1.807) is 6.92 Å². The molecule has 2 nitrogen and oxygen atoms in total. The molecule has 0 aliphatic rings. The van der Waals surface area contributed by atoms with Crippen LogP contribution >= 0.6 is 11.8 Å². The summed E-state index contributed by atoms with van der Waals surface area (Å²) in [6.07, 6.45) is 0. The van der Waals surface area contributed by atoms with E-state index in [9.17, 15) is 13.6 Å². The molecule has 3 aromatic carbocycles. The minimum Gasteiger partial charge on any atom is -0.325 e. The van der Waals surface area contributed by atoms with Crippen molar-refractivity contribution in [1.82, 2.24) is 0 Å². The van der Waals surface area contributed by atoms with Gasteiger partial charge in [-0.25, -0.2) is 8.78 Å². The standard InChI is InChI=1S/C22H19F2NOS/c1-15(22(26)25-18-12-13-19(23)20(24)14-18)27-21(16-8-4-2-5-9-16)17-10-6-3-7-11-17/h2-15,21H,1H3,(H,25,26). The van der Waals surface area contributed by atoms with Gasteiger partial charge in [-0.1, -0.05) is 60.7 Å². The number of nitrogens with one attached hydrogen (secondary N) is 1. The van der Waals surface area contributed by atoms with Gasteiger partial charge in [0.25, 0.3) is 0 Å².